The van der Waals surface area contributed by atoms with Crippen LogP contribution >= 0.6 is 11.6 Å². The molecule has 6 nitrogen and oxygen atoms in total. The average molecular weight is 431 g/mol. The standard InChI is InChI=1S/C21H19ClN2O4S/c22-16-7-9-17(10-8-16)29(26,27)23-18(20-6-3-13-28-20)14-21(25)24-12-11-15-4-1-2-5-19(15)24/h1-10,13,18,23H,11-12,14H2/t18-/m0/s1. The van der Waals surface area contributed by atoms with E-state index in [0.29, 0.717) is 17.3 Å². The molecule has 0 radical (unpaired) electrons. The largest absolute Gasteiger partial charge is 0.468 e. The average Bonchev–Trinajstić information content (AvgIpc) is 3.38. The predicted molar refractivity (Wildman–Crippen MR) is 110 cm³/mol. The molecule has 1 N–H and O–H groups in total. The van der Waals surface area contributed by atoms with E-state index in [2.05, 4.69) is 4.72 Å². The Hall–Kier alpha value is -2.61. The van der Waals surface area contributed by atoms with Crippen molar-refractivity contribution in [1.82, 2.24) is 4.72 Å². The number of nitrogens with zero attached hydrogens (tertiary/aromatic N) is 1. The third kappa shape index (κ3) is 4.22. The van der Waals surface area contributed by atoms with Crippen molar-refractivity contribution in [3.63, 3.8) is 0 Å². The van der Waals surface area contributed by atoms with E-state index in [9.17, 15) is 13.2 Å². The molecule has 8 heteroatoms. The van der Waals surface area contributed by atoms with Crippen LogP contribution < -0.4 is 9.62 Å². The van der Waals surface area contributed by atoms with Gasteiger partial charge in [-0.1, -0.05) is 29.8 Å². The number of furan rings is 1. The summed E-state index contributed by atoms with van der Waals surface area (Å²) < 4.78 is 33.7. The van der Waals surface area contributed by atoms with E-state index < -0.39 is 16.1 Å². The molecule has 0 spiro atoms. The molecule has 0 aliphatic carbocycles. The number of halogens is 1. The highest BCUT2D eigenvalue weighted by Crippen LogP contribution is 2.30. The zero-order chi connectivity index (χ0) is 20.4. The highest BCUT2D eigenvalue weighted by molar-refractivity contribution is 7.89. The van der Waals surface area contributed by atoms with Gasteiger partial charge in [-0.2, -0.15) is 4.72 Å². The number of amides is 1. The van der Waals surface area contributed by atoms with Crippen molar-refractivity contribution in [1.29, 1.82) is 0 Å². The van der Waals surface area contributed by atoms with Crippen LogP contribution in [-0.2, 0) is 21.2 Å². The number of nitrogens with one attached hydrogen (secondary N) is 1. The van der Waals surface area contributed by atoms with E-state index in [4.69, 9.17) is 16.0 Å². The Labute approximate surface area is 174 Å². The minimum absolute atomic E-state index is 0.0608. The zero-order valence-corrected chi connectivity index (χ0v) is 17.0. The fourth-order valence-corrected chi connectivity index (χ4v) is 4.77. The number of para-hydroxylation sites is 1. The minimum Gasteiger partial charge on any atom is -0.468 e. The molecule has 0 fully saturated rings. The van der Waals surface area contributed by atoms with E-state index >= 15 is 0 Å². The molecule has 0 unspecified atom stereocenters. The molecular formula is C21H19ClN2O4S. The van der Waals surface area contributed by atoms with Gasteiger partial charge in [0.1, 0.15) is 5.76 Å². The maximum absolute atomic E-state index is 13.0. The molecule has 2 heterocycles. The molecule has 1 amide bonds. The van der Waals surface area contributed by atoms with Crippen LogP contribution in [0.2, 0.25) is 5.02 Å². The van der Waals surface area contributed by atoms with Crippen molar-refractivity contribution in [3.05, 3.63) is 83.3 Å². The van der Waals surface area contributed by atoms with Gasteiger partial charge in [0.2, 0.25) is 15.9 Å². The van der Waals surface area contributed by atoms with Gasteiger partial charge in [-0.05, 0) is 54.4 Å². The summed E-state index contributed by atoms with van der Waals surface area (Å²) >= 11 is 5.85. The monoisotopic (exact) mass is 430 g/mol. The highest BCUT2D eigenvalue weighted by atomic mass is 35.5. The van der Waals surface area contributed by atoms with Crippen LogP contribution in [0, 0.1) is 0 Å². The second kappa shape index (κ2) is 8.02. The fourth-order valence-electron chi connectivity index (χ4n) is 3.44. The number of hydrogen-bond donors (Lipinski definition) is 1. The molecule has 1 aliphatic heterocycles. The number of benzene rings is 2. The summed E-state index contributed by atoms with van der Waals surface area (Å²) in [7, 11) is -3.87. The normalized spacial score (nSPS) is 14.6. The summed E-state index contributed by atoms with van der Waals surface area (Å²) in [6.45, 7) is 0.576. The van der Waals surface area contributed by atoms with E-state index in [0.717, 1.165) is 17.7 Å². The molecule has 0 saturated heterocycles. The minimum atomic E-state index is -3.87. The third-order valence-electron chi connectivity index (χ3n) is 4.87. The van der Waals surface area contributed by atoms with Crippen LogP contribution in [0.5, 0.6) is 0 Å². The Morgan fingerprint density at radius 2 is 1.86 bits per heavy atom. The van der Waals surface area contributed by atoms with Gasteiger partial charge in [0.05, 0.1) is 23.6 Å². The number of carbonyl (C=O) groups excluding carboxylic acids is 1. The van der Waals surface area contributed by atoms with Crippen molar-refractivity contribution < 1.29 is 17.6 Å². The second-order valence-corrected chi connectivity index (χ2v) is 8.92. The van der Waals surface area contributed by atoms with Gasteiger partial charge in [0, 0.05) is 17.3 Å². The molecule has 2 aromatic carbocycles. The molecular weight excluding hydrogens is 412 g/mol. The first kappa shape index (κ1) is 19.7. The first-order valence-electron chi connectivity index (χ1n) is 9.13. The van der Waals surface area contributed by atoms with Crippen LogP contribution in [0.1, 0.15) is 23.8 Å². The lowest BCUT2D eigenvalue weighted by molar-refractivity contribution is -0.119. The zero-order valence-electron chi connectivity index (χ0n) is 15.4. The smallest absolute Gasteiger partial charge is 0.241 e. The molecule has 0 saturated carbocycles. The van der Waals surface area contributed by atoms with Crippen LogP contribution in [0.4, 0.5) is 5.69 Å². The van der Waals surface area contributed by atoms with Gasteiger partial charge in [-0.3, -0.25) is 4.79 Å². The predicted octanol–water partition coefficient (Wildman–Crippen LogP) is 3.93. The number of anilines is 1. The number of rotatable bonds is 6. The quantitative estimate of drug-likeness (QED) is 0.642. The Morgan fingerprint density at radius 1 is 1.10 bits per heavy atom. The highest BCUT2D eigenvalue weighted by Gasteiger charge is 2.30. The Bertz CT molecular complexity index is 1110. The van der Waals surface area contributed by atoms with E-state index in [-0.39, 0.29) is 17.2 Å². The van der Waals surface area contributed by atoms with Crippen molar-refractivity contribution in [2.45, 2.75) is 23.8 Å². The molecule has 1 aliphatic rings. The van der Waals surface area contributed by atoms with Gasteiger partial charge in [-0.15, -0.1) is 0 Å². The molecule has 29 heavy (non-hydrogen) atoms. The van der Waals surface area contributed by atoms with Crippen LogP contribution in [-0.4, -0.2) is 20.9 Å². The summed E-state index contributed by atoms with van der Waals surface area (Å²) in [4.78, 5) is 14.8. The molecule has 1 atom stereocenters. The van der Waals surface area contributed by atoms with E-state index in [1.807, 2.05) is 24.3 Å². The Morgan fingerprint density at radius 3 is 2.59 bits per heavy atom. The van der Waals surface area contributed by atoms with Crippen molar-refractivity contribution in [2.24, 2.45) is 0 Å². The molecule has 0 bridgehead atoms. The van der Waals surface area contributed by atoms with Gasteiger partial charge >= 0.3 is 0 Å². The van der Waals surface area contributed by atoms with Gasteiger partial charge in [0.25, 0.3) is 0 Å². The first-order valence-corrected chi connectivity index (χ1v) is 11.0. The van der Waals surface area contributed by atoms with Gasteiger partial charge < -0.3 is 9.32 Å². The molecule has 3 aromatic rings. The van der Waals surface area contributed by atoms with Crippen molar-refractivity contribution in [3.8, 4) is 0 Å². The van der Waals surface area contributed by atoms with Gasteiger partial charge in [-0.25, -0.2) is 8.42 Å². The lowest BCUT2D eigenvalue weighted by atomic mass is 10.1. The molecule has 150 valence electrons. The Balaban J connectivity index is 1.57. The summed E-state index contributed by atoms with van der Waals surface area (Å²) in [6.07, 6.45) is 2.17. The summed E-state index contributed by atoms with van der Waals surface area (Å²) in [5.41, 5.74) is 1.98. The van der Waals surface area contributed by atoms with Gasteiger partial charge in [0.15, 0.2) is 0 Å². The van der Waals surface area contributed by atoms with Crippen LogP contribution in [0.25, 0.3) is 0 Å². The van der Waals surface area contributed by atoms with Crippen LogP contribution in [0.3, 0.4) is 0 Å². The molecule has 4 rings (SSSR count). The SMILES string of the molecule is O=C(C[C@H](NS(=O)(=O)c1ccc(Cl)cc1)c1ccco1)N1CCc2ccccc21. The van der Waals surface area contributed by atoms with E-state index in [1.165, 1.54) is 30.5 Å². The number of fused-ring (bicyclic) bond motifs is 1. The molecule has 1 aromatic heterocycles. The third-order valence-corrected chi connectivity index (χ3v) is 6.61. The lowest BCUT2D eigenvalue weighted by Crippen LogP contribution is -2.35. The summed E-state index contributed by atoms with van der Waals surface area (Å²) in [5, 5.41) is 0.439. The summed E-state index contributed by atoms with van der Waals surface area (Å²) in [6, 6.07) is 16.1. The van der Waals surface area contributed by atoms with Crippen molar-refractivity contribution in [2.75, 3.05) is 11.4 Å². The Kier molecular flexibility index (Phi) is 5.45. The summed E-state index contributed by atoms with van der Waals surface area (Å²) in [5.74, 6) is 0.207. The maximum Gasteiger partial charge on any atom is 0.241 e. The van der Waals surface area contributed by atoms with Crippen molar-refractivity contribution >= 4 is 33.2 Å². The number of sulfonamides is 1. The fraction of sp³-hybridized carbons (Fsp3) is 0.190. The first-order chi connectivity index (χ1) is 13.9. The topological polar surface area (TPSA) is 79.6 Å². The lowest BCUT2D eigenvalue weighted by Gasteiger charge is -2.22. The maximum atomic E-state index is 13.0. The number of hydrogen-bond acceptors (Lipinski definition) is 4. The second-order valence-electron chi connectivity index (χ2n) is 6.77. The number of carbonyl (C=O) groups is 1. The van der Waals surface area contributed by atoms with Crippen LogP contribution in [0.15, 0.2) is 76.2 Å². The van der Waals surface area contributed by atoms with E-state index in [1.54, 1.807) is 17.0 Å².